The summed E-state index contributed by atoms with van der Waals surface area (Å²) in [6, 6.07) is 7.46. The second kappa shape index (κ2) is 7.21. The van der Waals surface area contributed by atoms with Gasteiger partial charge in [-0.25, -0.2) is 8.42 Å². The normalized spacial score (nSPS) is 13.6. The number of benzene rings is 1. The Morgan fingerprint density at radius 3 is 2.40 bits per heavy atom. The number of hydrogen-bond donors (Lipinski definition) is 2. The average molecular weight is 297 g/mol. The maximum Gasteiger partial charge on any atom is 0.244 e. The van der Waals surface area contributed by atoms with Crippen LogP contribution in [0.25, 0.3) is 0 Å². The quantitative estimate of drug-likeness (QED) is 0.770. The van der Waals surface area contributed by atoms with Crippen molar-refractivity contribution in [2.45, 2.75) is 24.8 Å². The lowest BCUT2D eigenvalue weighted by Crippen LogP contribution is -2.40. The van der Waals surface area contributed by atoms with Crippen LogP contribution in [0.15, 0.2) is 46.7 Å². The SMILES string of the molecule is CC(C)[C@@H](CO)NC(=O)C=CS(=O)(=O)c1ccccc1. The van der Waals surface area contributed by atoms with Gasteiger partial charge in [0.05, 0.1) is 17.5 Å². The molecule has 0 aliphatic heterocycles. The summed E-state index contributed by atoms with van der Waals surface area (Å²) in [5.74, 6) is -0.486. The van der Waals surface area contributed by atoms with E-state index in [1.807, 2.05) is 13.8 Å². The van der Waals surface area contributed by atoms with Crippen molar-refractivity contribution in [1.82, 2.24) is 5.32 Å². The fraction of sp³-hybridized carbons (Fsp3) is 0.357. The van der Waals surface area contributed by atoms with Crippen LogP contribution in [0.3, 0.4) is 0 Å². The summed E-state index contributed by atoms with van der Waals surface area (Å²) < 4.78 is 23.8. The topological polar surface area (TPSA) is 83.5 Å². The second-order valence-corrected chi connectivity index (χ2v) is 6.54. The van der Waals surface area contributed by atoms with Gasteiger partial charge in [0, 0.05) is 11.5 Å². The van der Waals surface area contributed by atoms with Crippen LogP contribution in [0.2, 0.25) is 0 Å². The molecule has 1 amide bonds. The Balaban J connectivity index is 2.75. The first-order chi connectivity index (χ1) is 9.36. The molecule has 1 aromatic carbocycles. The zero-order valence-electron chi connectivity index (χ0n) is 11.5. The molecular weight excluding hydrogens is 278 g/mol. The molecule has 0 aromatic heterocycles. The van der Waals surface area contributed by atoms with E-state index in [9.17, 15) is 13.2 Å². The van der Waals surface area contributed by atoms with Crippen molar-refractivity contribution in [3.8, 4) is 0 Å². The summed E-state index contributed by atoms with van der Waals surface area (Å²) in [6.45, 7) is 3.51. The van der Waals surface area contributed by atoms with Crippen LogP contribution in [0.1, 0.15) is 13.8 Å². The predicted octanol–water partition coefficient (Wildman–Crippen LogP) is 1.11. The van der Waals surface area contributed by atoms with E-state index in [2.05, 4.69) is 5.32 Å². The zero-order chi connectivity index (χ0) is 15.2. The number of aliphatic hydroxyl groups excluding tert-OH is 1. The van der Waals surface area contributed by atoms with Gasteiger partial charge in [-0.3, -0.25) is 4.79 Å². The molecule has 0 saturated heterocycles. The Morgan fingerprint density at radius 1 is 1.30 bits per heavy atom. The lowest BCUT2D eigenvalue weighted by atomic mass is 10.1. The summed E-state index contributed by atoms with van der Waals surface area (Å²) in [4.78, 5) is 11.8. The van der Waals surface area contributed by atoms with E-state index in [0.29, 0.717) is 0 Å². The Bertz CT molecular complexity index is 564. The minimum Gasteiger partial charge on any atom is -0.394 e. The largest absolute Gasteiger partial charge is 0.394 e. The molecule has 0 aliphatic carbocycles. The zero-order valence-corrected chi connectivity index (χ0v) is 12.3. The fourth-order valence-electron chi connectivity index (χ4n) is 1.49. The molecular formula is C14H19NO4S. The minimum atomic E-state index is -3.62. The van der Waals surface area contributed by atoms with Crippen LogP contribution in [-0.4, -0.2) is 32.1 Å². The van der Waals surface area contributed by atoms with E-state index in [4.69, 9.17) is 5.11 Å². The lowest BCUT2D eigenvalue weighted by Gasteiger charge is -2.18. The van der Waals surface area contributed by atoms with Gasteiger partial charge in [0.1, 0.15) is 0 Å². The van der Waals surface area contributed by atoms with Crippen LogP contribution in [0, 0.1) is 5.92 Å². The van der Waals surface area contributed by atoms with E-state index in [-0.39, 0.29) is 17.4 Å². The van der Waals surface area contributed by atoms with Gasteiger partial charge in [0.15, 0.2) is 9.84 Å². The van der Waals surface area contributed by atoms with Crippen molar-refractivity contribution < 1.29 is 18.3 Å². The Hall–Kier alpha value is -1.66. The number of carbonyl (C=O) groups excluding carboxylic acids is 1. The van der Waals surface area contributed by atoms with Crippen molar-refractivity contribution in [3.63, 3.8) is 0 Å². The number of hydrogen-bond acceptors (Lipinski definition) is 4. The third kappa shape index (κ3) is 4.79. The molecule has 1 aromatic rings. The van der Waals surface area contributed by atoms with E-state index in [0.717, 1.165) is 11.5 Å². The number of carbonyl (C=O) groups is 1. The molecule has 0 saturated carbocycles. The summed E-state index contributed by atoms with van der Waals surface area (Å²) in [6.07, 6.45) is 0.966. The average Bonchev–Trinajstić information content (AvgIpc) is 2.43. The maximum atomic E-state index is 11.9. The number of amides is 1. The smallest absolute Gasteiger partial charge is 0.244 e. The molecule has 1 atom stereocenters. The van der Waals surface area contributed by atoms with Gasteiger partial charge in [0.2, 0.25) is 5.91 Å². The Morgan fingerprint density at radius 2 is 1.90 bits per heavy atom. The Kier molecular flexibility index (Phi) is 5.91. The number of sulfone groups is 1. The van der Waals surface area contributed by atoms with E-state index < -0.39 is 21.8 Å². The number of aliphatic hydroxyl groups is 1. The molecule has 0 radical (unpaired) electrons. The molecule has 0 aliphatic rings. The molecule has 0 fully saturated rings. The van der Waals surface area contributed by atoms with Crippen LogP contribution < -0.4 is 5.32 Å². The third-order valence-electron chi connectivity index (χ3n) is 2.80. The Labute approximate surface area is 119 Å². The molecule has 5 nitrogen and oxygen atoms in total. The van der Waals surface area contributed by atoms with E-state index in [1.165, 1.54) is 12.1 Å². The van der Waals surface area contributed by atoms with Gasteiger partial charge >= 0.3 is 0 Å². The van der Waals surface area contributed by atoms with Gasteiger partial charge in [0.25, 0.3) is 0 Å². The number of nitrogens with one attached hydrogen (secondary N) is 1. The molecule has 1 rings (SSSR count). The van der Waals surface area contributed by atoms with Crippen LogP contribution in [0.4, 0.5) is 0 Å². The van der Waals surface area contributed by atoms with Crippen molar-refractivity contribution in [2.75, 3.05) is 6.61 Å². The third-order valence-corrected chi connectivity index (χ3v) is 4.22. The molecule has 110 valence electrons. The molecule has 20 heavy (non-hydrogen) atoms. The van der Waals surface area contributed by atoms with E-state index in [1.54, 1.807) is 18.2 Å². The van der Waals surface area contributed by atoms with E-state index >= 15 is 0 Å². The van der Waals surface area contributed by atoms with Gasteiger partial charge < -0.3 is 10.4 Å². The standard InChI is InChI=1S/C14H19NO4S/c1-11(2)13(10-16)15-14(17)8-9-20(18,19)12-6-4-3-5-7-12/h3-9,11,13,16H,10H2,1-2H3,(H,15,17)/t13-/m1/s1. The van der Waals surface area contributed by atoms with Crippen LogP contribution in [0.5, 0.6) is 0 Å². The van der Waals surface area contributed by atoms with Crippen LogP contribution >= 0.6 is 0 Å². The van der Waals surface area contributed by atoms with Gasteiger partial charge in [-0.15, -0.1) is 0 Å². The number of rotatable bonds is 6. The van der Waals surface area contributed by atoms with Gasteiger partial charge in [-0.1, -0.05) is 32.0 Å². The highest BCUT2D eigenvalue weighted by atomic mass is 32.2. The monoisotopic (exact) mass is 297 g/mol. The summed E-state index contributed by atoms with van der Waals surface area (Å²) in [5, 5.41) is 12.5. The van der Waals surface area contributed by atoms with Gasteiger partial charge in [-0.2, -0.15) is 0 Å². The molecule has 0 unspecified atom stereocenters. The van der Waals surface area contributed by atoms with Crippen molar-refractivity contribution in [1.29, 1.82) is 0 Å². The summed E-state index contributed by atoms with van der Waals surface area (Å²) in [5.41, 5.74) is 0. The molecule has 0 spiro atoms. The first-order valence-corrected chi connectivity index (χ1v) is 7.81. The fourth-order valence-corrected chi connectivity index (χ4v) is 2.49. The molecule has 2 N–H and O–H groups in total. The highest BCUT2D eigenvalue weighted by molar-refractivity contribution is 7.94. The first-order valence-electron chi connectivity index (χ1n) is 6.26. The lowest BCUT2D eigenvalue weighted by molar-refractivity contribution is -0.117. The molecule has 6 heteroatoms. The maximum absolute atomic E-state index is 11.9. The minimum absolute atomic E-state index is 0.0584. The summed E-state index contributed by atoms with van der Waals surface area (Å²) in [7, 11) is -3.62. The van der Waals surface area contributed by atoms with Gasteiger partial charge in [-0.05, 0) is 18.1 Å². The van der Waals surface area contributed by atoms with Crippen molar-refractivity contribution >= 4 is 15.7 Å². The highest BCUT2D eigenvalue weighted by Crippen LogP contribution is 2.11. The molecule has 0 heterocycles. The second-order valence-electron chi connectivity index (χ2n) is 4.70. The predicted molar refractivity (Wildman–Crippen MR) is 76.6 cm³/mol. The van der Waals surface area contributed by atoms with Crippen molar-refractivity contribution in [2.24, 2.45) is 5.92 Å². The molecule has 0 bridgehead atoms. The van der Waals surface area contributed by atoms with Crippen LogP contribution in [-0.2, 0) is 14.6 Å². The summed E-state index contributed by atoms with van der Waals surface area (Å²) >= 11 is 0. The first kappa shape index (κ1) is 16.4. The highest BCUT2D eigenvalue weighted by Gasteiger charge is 2.14. The van der Waals surface area contributed by atoms with Crippen molar-refractivity contribution in [3.05, 3.63) is 41.8 Å².